The topological polar surface area (TPSA) is 69.2 Å². The molecule has 0 aromatic heterocycles. The zero-order valence-corrected chi connectivity index (χ0v) is 8.88. The number of benzene rings is 1. The molecule has 5 heteroatoms. The maximum Gasteiger partial charge on any atom is 0.293 e. The fourth-order valence-electron chi connectivity index (χ4n) is 1.03. The highest BCUT2D eigenvalue weighted by atomic mass is 79.9. The van der Waals surface area contributed by atoms with Crippen LogP contribution in [0, 0.1) is 24.0 Å². The molecule has 0 bridgehead atoms. The van der Waals surface area contributed by atoms with Gasteiger partial charge in [-0.2, -0.15) is 0 Å². The van der Waals surface area contributed by atoms with Crippen LogP contribution in [0.5, 0.6) is 0 Å². The Labute approximate surface area is 84.0 Å². The second-order valence-electron chi connectivity index (χ2n) is 2.82. The number of aryl methyl sites for hydroxylation is 1. The molecule has 0 aliphatic rings. The van der Waals surface area contributed by atoms with Crippen LogP contribution in [-0.4, -0.2) is 4.92 Å². The summed E-state index contributed by atoms with van der Waals surface area (Å²) in [5.74, 6) is 0. The van der Waals surface area contributed by atoms with Gasteiger partial charge in [-0.3, -0.25) is 10.1 Å². The molecule has 0 radical (unpaired) electrons. The summed E-state index contributed by atoms with van der Waals surface area (Å²) in [7, 11) is 0. The number of nitrogen functional groups attached to an aromatic ring is 1. The van der Waals surface area contributed by atoms with Crippen molar-refractivity contribution in [2.24, 2.45) is 0 Å². The van der Waals surface area contributed by atoms with Gasteiger partial charge in [0.1, 0.15) is 5.69 Å². The highest BCUT2D eigenvalue weighted by Gasteiger charge is 2.17. The van der Waals surface area contributed by atoms with Crippen molar-refractivity contribution in [3.63, 3.8) is 0 Å². The van der Waals surface area contributed by atoms with Gasteiger partial charge in [-0.05, 0) is 40.9 Å². The van der Waals surface area contributed by atoms with Crippen LogP contribution < -0.4 is 5.73 Å². The lowest BCUT2D eigenvalue weighted by molar-refractivity contribution is -0.384. The zero-order chi connectivity index (χ0) is 10.2. The minimum Gasteiger partial charge on any atom is -0.392 e. The predicted octanol–water partition coefficient (Wildman–Crippen LogP) is 2.56. The smallest absolute Gasteiger partial charge is 0.293 e. The van der Waals surface area contributed by atoms with Crippen LogP contribution >= 0.6 is 15.9 Å². The quantitative estimate of drug-likeness (QED) is 0.469. The maximum atomic E-state index is 10.5. The summed E-state index contributed by atoms with van der Waals surface area (Å²) in [5.41, 5.74) is 7.49. The lowest BCUT2D eigenvalue weighted by Gasteiger charge is -2.06. The summed E-state index contributed by atoms with van der Waals surface area (Å²) < 4.78 is 0.610. The Kier molecular flexibility index (Phi) is 2.56. The second kappa shape index (κ2) is 3.33. The average molecular weight is 245 g/mol. The number of nitro benzene ring substituents is 1. The van der Waals surface area contributed by atoms with Crippen molar-refractivity contribution in [2.75, 3.05) is 5.73 Å². The highest BCUT2D eigenvalue weighted by Crippen LogP contribution is 2.34. The van der Waals surface area contributed by atoms with Crippen LogP contribution in [0.2, 0.25) is 0 Å². The molecule has 1 aromatic carbocycles. The Morgan fingerprint density at radius 3 is 2.54 bits per heavy atom. The molecule has 0 saturated heterocycles. The molecule has 70 valence electrons. The Hall–Kier alpha value is -1.10. The first-order valence-corrected chi connectivity index (χ1v) is 4.44. The Balaban J connectivity index is 3.50. The number of rotatable bonds is 1. The minimum atomic E-state index is -0.480. The van der Waals surface area contributed by atoms with E-state index in [1.54, 1.807) is 0 Å². The molecule has 0 spiro atoms. The molecule has 0 unspecified atom stereocenters. The van der Waals surface area contributed by atoms with Crippen LogP contribution in [0.3, 0.4) is 0 Å². The largest absolute Gasteiger partial charge is 0.392 e. The van der Waals surface area contributed by atoms with E-state index in [9.17, 15) is 10.1 Å². The van der Waals surface area contributed by atoms with Crippen molar-refractivity contribution in [2.45, 2.75) is 13.8 Å². The number of hydrogen-bond acceptors (Lipinski definition) is 3. The molecule has 2 N–H and O–H groups in total. The summed E-state index contributed by atoms with van der Waals surface area (Å²) in [6.45, 7) is 3.67. The van der Waals surface area contributed by atoms with Gasteiger partial charge in [0.05, 0.1) is 9.40 Å². The monoisotopic (exact) mass is 244 g/mol. The van der Waals surface area contributed by atoms with Crippen LogP contribution in [0.4, 0.5) is 11.4 Å². The molecule has 0 saturated carbocycles. The van der Waals surface area contributed by atoms with Crippen molar-refractivity contribution >= 4 is 27.3 Å². The fourth-order valence-corrected chi connectivity index (χ4v) is 1.55. The highest BCUT2D eigenvalue weighted by molar-refractivity contribution is 9.10. The molecule has 0 fully saturated rings. The molecule has 1 aromatic rings. The summed E-state index contributed by atoms with van der Waals surface area (Å²) in [4.78, 5) is 10.1. The van der Waals surface area contributed by atoms with E-state index in [-0.39, 0.29) is 11.4 Å². The van der Waals surface area contributed by atoms with Crippen molar-refractivity contribution in [1.82, 2.24) is 0 Å². The first kappa shape index (κ1) is 9.98. The van der Waals surface area contributed by atoms with Gasteiger partial charge in [0.15, 0.2) is 0 Å². The summed E-state index contributed by atoms with van der Waals surface area (Å²) in [5, 5.41) is 10.5. The van der Waals surface area contributed by atoms with E-state index < -0.39 is 4.92 Å². The van der Waals surface area contributed by atoms with Gasteiger partial charge in [0.25, 0.3) is 5.69 Å². The Morgan fingerprint density at radius 2 is 2.08 bits per heavy atom. The van der Waals surface area contributed by atoms with Gasteiger partial charge in [-0.1, -0.05) is 0 Å². The minimum absolute atomic E-state index is 0.0463. The number of anilines is 1. The molecule has 4 nitrogen and oxygen atoms in total. The average Bonchev–Trinajstić information content (AvgIpc) is 2.07. The first-order chi connectivity index (χ1) is 5.95. The SMILES string of the molecule is Cc1cc([N+](=O)[O-])c(N)c(Br)c1C. The van der Waals surface area contributed by atoms with Gasteiger partial charge in [0.2, 0.25) is 0 Å². The molecule has 0 amide bonds. The van der Waals surface area contributed by atoms with Crippen molar-refractivity contribution in [3.8, 4) is 0 Å². The summed E-state index contributed by atoms with van der Waals surface area (Å²) in [6.07, 6.45) is 0. The van der Waals surface area contributed by atoms with E-state index in [1.165, 1.54) is 6.07 Å². The van der Waals surface area contributed by atoms with E-state index >= 15 is 0 Å². The third kappa shape index (κ3) is 1.65. The van der Waals surface area contributed by atoms with Crippen LogP contribution in [0.1, 0.15) is 11.1 Å². The lowest BCUT2D eigenvalue weighted by atomic mass is 10.1. The number of nitrogens with zero attached hydrogens (tertiary/aromatic N) is 1. The van der Waals surface area contributed by atoms with Gasteiger partial charge in [-0.15, -0.1) is 0 Å². The molecule has 13 heavy (non-hydrogen) atoms. The summed E-state index contributed by atoms with van der Waals surface area (Å²) in [6, 6.07) is 1.48. The third-order valence-electron chi connectivity index (χ3n) is 1.98. The molecule has 0 aliphatic carbocycles. The van der Waals surface area contributed by atoms with Crippen LogP contribution in [0.25, 0.3) is 0 Å². The lowest BCUT2D eigenvalue weighted by Crippen LogP contribution is -1.99. The second-order valence-corrected chi connectivity index (χ2v) is 3.62. The molecule has 0 heterocycles. The molecule has 1 rings (SSSR count). The normalized spacial score (nSPS) is 10.1. The maximum absolute atomic E-state index is 10.5. The number of nitro groups is 1. The fraction of sp³-hybridized carbons (Fsp3) is 0.250. The van der Waals surface area contributed by atoms with E-state index in [0.717, 1.165) is 11.1 Å². The van der Waals surface area contributed by atoms with E-state index in [0.29, 0.717) is 4.47 Å². The Bertz CT molecular complexity index is 377. The van der Waals surface area contributed by atoms with Gasteiger partial charge >= 0.3 is 0 Å². The Morgan fingerprint density at radius 1 is 1.54 bits per heavy atom. The van der Waals surface area contributed by atoms with Gasteiger partial charge in [0, 0.05) is 6.07 Å². The van der Waals surface area contributed by atoms with Gasteiger partial charge < -0.3 is 5.73 Å². The van der Waals surface area contributed by atoms with Crippen molar-refractivity contribution in [3.05, 3.63) is 31.8 Å². The number of hydrogen-bond donors (Lipinski definition) is 1. The zero-order valence-electron chi connectivity index (χ0n) is 7.30. The van der Waals surface area contributed by atoms with Gasteiger partial charge in [-0.25, -0.2) is 0 Å². The van der Waals surface area contributed by atoms with Crippen LogP contribution in [0.15, 0.2) is 10.5 Å². The number of nitrogens with two attached hydrogens (primary N) is 1. The molecule has 0 atom stereocenters. The van der Waals surface area contributed by atoms with E-state index in [1.807, 2.05) is 13.8 Å². The third-order valence-corrected chi connectivity index (χ3v) is 3.01. The first-order valence-electron chi connectivity index (χ1n) is 3.64. The standard InChI is InChI=1S/C8H9BrN2O2/c1-4-3-6(11(12)13)8(10)7(9)5(4)2/h3H,10H2,1-2H3. The number of halogens is 1. The van der Waals surface area contributed by atoms with Crippen LogP contribution in [-0.2, 0) is 0 Å². The van der Waals surface area contributed by atoms with E-state index in [4.69, 9.17) is 5.73 Å². The predicted molar refractivity (Wildman–Crippen MR) is 54.7 cm³/mol. The van der Waals surface area contributed by atoms with Crippen molar-refractivity contribution in [1.29, 1.82) is 0 Å². The molecular weight excluding hydrogens is 236 g/mol. The van der Waals surface area contributed by atoms with E-state index in [2.05, 4.69) is 15.9 Å². The molecule has 0 aliphatic heterocycles. The van der Waals surface area contributed by atoms with Crippen molar-refractivity contribution < 1.29 is 4.92 Å². The summed E-state index contributed by atoms with van der Waals surface area (Å²) >= 11 is 3.22. The molecular formula is C8H9BrN2O2.